The molecule has 2 fully saturated rings. The summed E-state index contributed by atoms with van der Waals surface area (Å²) >= 11 is 0. The van der Waals surface area contributed by atoms with Gasteiger partial charge in [0.15, 0.2) is 0 Å². The van der Waals surface area contributed by atoms with Gasteiger partial charge in [-0.25, -0.2) is 0 Å². The second-order valence-electron chi connectivity index (χ2n) is 8.23. The number of hydrogen-bond donors (Lipinski definition) is 2. The van der Waals surface area contributed by atoms with E-state index < -0.39 is 0 Å². The Balaban J connectivity index is 0.00000280. The average molecular weight is 410 g/mol. The van der Waals surface area contributed by atoms with Crippen LogP contribution in [0.5, 0.6) is 0 Å². The molecule has 1 aromatic rings. The zero-order valence-electron chi connectivity index (χ0n) is 17.0. The van der Waals surface area contributed by atoms with Gasteiger partial charge in [0, 0.05) is 25.6 Å². The van der Waals surface area contributed by atoms with Gasteiger partial charge in [0.1, 0.15) is 0 Å². The molecule has 3 N–H and O–H groups in total. The Hall–Kier alpha value is -1.14. The second-order valence-corrected chi connectivity index (χ2v) is 8.23. The predicted molar refractivity (Wildman–Crippen MR) is 116 cm³/mol. The highest BCUT2D eigenvalue weighted by atomic mass is 35.5. The minimum atomic E-state index is 0. The van der Waals surface area contributed by atoms with Gasteiger partial charge in [0.25, 0.3) is 0 Å². The number of likely N-dealkylation sites (tertiary alicyclic amines) is 1. The van der Waals surface area contributed by atoms with Crippen molar-refractivity contribution in [1.82, 2.24) is 10.2 Å². The van der Waals surface area contributed by atoms with Crippen LogP contribution in [0.25, 0.3) is 0 Å². The zero-order chi connectivity index (χ0) is 19.1. The largest absolute Gasteiger partial charge is 0.376 e. The molecule has 1 aliphatic carbocycles. The minimum Gasteiger partial charge on any atom is -0.376 e. The molecule has 0 spiro atoms. The van der Waals surface area contributed by atoms with Gasteiger partial charge in [-0.2, -0.15) is 0 Å². The number of benzene rings is 1. The van der Waals surface area contributed by atoms with Crippen LogP contribution in [0.3, 0.4) is 0 Å². The third kappa shape index (κ3) is 6.45. The van der Waals surface area contributed by atoms with Crippen LogP contribution in [0.15, 0.2) is 30.3 Å². The molecule has 28 heavy (non-hydrogen) atoms. The fourth-order valence-corrected chi connectivity index (χ4v) is 4.60. The Morgan fingerprint density at radius 3 is 2.68 bits per heavy atom. The van der Waals surface area contributed by atoms with Crippen molar-refractivity contribution in [3.8, 4) is 0 Å². The van der Waals surface area contributed by atoms with Crippen molar-refractivity contribution in [2.24, 2.45) is 17.6 Å². The first-order valence-corrected chi connectivity index (χ1v) is 10.5. The van der Waals surface area contributed by atoms with Crippen LogP contribution in [0, 0.1) is 11.8 Å². The molecular formula is C22H36ClN3O2. The fourth-order valence-electron chi connectivity index (χ4n) is 4.60. The number of carbonyl (C=O) groups is 1. The summed E-state index contributed by atoms with van der Waals surface area (Å²) in [7, 11) is 0. The van der Waals surface area contributed by atoms with E-state index >= 15 is 0 Å². The van der Waals surface area contributed by atoms with E-state index in [1.54, 1.807) is 0 Å². The van der Waals surface area contributed by atoms with E-state index in [2.05, 4.69) is 41.4 Å². The smallest absolute Gasteiger partial charge is 0.234 e. The Bertz CT molecular complexity index is 586. The molecule has 6 heteroatoms. The molecule has 2 unspecified atom stereocenters. The van der Waals surface area contributed by atoms with Crippen LogP contribution in [0.2, 0.25) is 0 Å². The van der Waals surface area contributed by atoms with Crippen LogP contribution < -0.4 is 11.1 Å². The van der Waals surface area contributed by atoms with Crippen LogP contribution in [0.4, 0.5) is 0 Å². The summed E-state index contributed by atoms with van der Waals surface area (Å²) in [5, 5.41) is 3.01. The molecule has 2 aliphatic rings. The van der Waals surface area contributed by atoms with Gasteiger partial charge in [0.2, 0.25) is 5.91 Å². The topological polar surface area (TPSA) is 67.6 Å². The molecular weight excluding hydrogens is 374 g/mol. The highest BCUT2D eigenvalue weighted by Crippen LogP contribution is 2.31. The summed E-state index contributed by atoms with van der Waals surface area (Å²) in [6.07, 6.45) is 5.37. The van der Waals surface area contributed by atoms with Crippen LogP contribution in [0.1, 0.15) is 44.1 Å². The SMILES string of the molecule is CC1CCCCC1OCCNC(=O)CN1C[C@@H](CN)[C@H](c2ccccc2)C1.Cl. The summed E-state index contributed by atoms with van der Waals surface area (Å²) < 4.78 is 5.98. The van der Waals surface area contributed by atoms with E-state index in [0.29, 0.717) is 50.1 Å². The Morgan fingerprint density at radius 2 is 1.96 bits per heavy atom. The molecule has 5 nitrogen and oxygen atoms in total. The molecule has 1 amide bonds. The monoisotopic (exact) mass is 409 g/mol. The number of rotatable bonds is 8. The summed E-state index contributed by atoms with van der Waals surface area (Å²) in [5.41, 5.74) is 7.32. The van der Waals surface area contributed by atoms with Crippen LogP contribution in [-0.2, 0) is 9.53 Å². The molecule has 1 saturated heterocycles. The predicted octanol–water partition coefficient (Wildman–Crippen LogP) is 2.79. The summed E-state index contributed by atoms with van der Waals surface area (Å²) in [6.45, 7) is 6.36. The Morgan fingerprint density at radius 1 is 1.21 bits per heavy atom. The number of ether oxygens (including phenoxy) is 1. The maximum Gasteiger partial charge on any atom is 0.234 e. The van der Waals surface area contributed by atoms with Gasteiger partial charge >= 0.3 is 0 Å². The van der Waals surface area contributed by atoms with Gasteiger partial charge in [-0.1, -0.05) is 50.1 Å². The number of nitrogens with zero attached hydrogens (tertiary/aromatic N) is 1. The lowest BCUT2D eigenvalue weighted by Gasteiger charge is -2.28. The van der Waals surface area contributed by atoms with Crippen molar-refractivity contribution < 1.29 is 9.53 Å². The van der Waals surface area contributed by atoms with Crippen molar-refractivity contribution in [3.05, 3.63) is 35.9 Å². The van der Waals surface area contributed by atoms with E-state index in [1.165, 1.54) is 24.8 Å². The van der Waals surface area contributed by atoms with E-state index in [9.17, 15) is 4.79 Å². The van der Waals surface area contributed by atoms with Crippen LogP contribution >= 0.6 is 12.4 Å². The van der Waals surface area contributed by atoms with E-state index in [-0.39, 0.29) is 18.3 Å². The van der Waals surface area contributed by atoms with Crippen molar-refractivity contribution in [2.45, 2.75) is 44.6 Å². The lowest BCUT2D eigenvalue weighted by Crippen LogP contribution is -2.38. The fraction of sp³-hybridized carbons (Fsp3) is 0.682. The number of halogens is 1. The average Bonchev–Trinajstić information content (AvgIpc) is 3.10. The lowest BCUT2D eigenvalue weighted by molar-refractivity contribution is -0.122. The van der Waals surface area contributed by atoms with Crippen molar-refractivity contribution in [3.63, 3.8) is 0 Å². The van der Waals surface area contributed by atoms with Gasteiger partial charge in [-0.3, -0.25) is 9.69 Å². The quantitative estimate of drug-likeness (QED) is 0.648. The first kappa shape index (κ1) is 23.1. The molecule has 158 valence electrons. The lowest BCUT2D eigenvalue weighted by atomic mass is 9.88. The number of hydrogen-bond acceptors (Lipinski definition) is 4. The minimum absolute atomic E-state index is 0. The third-order valence-electron chi connectivity index (χ3n) is 6.20. The Labute approximate surface area is 175 Å². The molecule has 0 radical (unpaired) electrons. The van der Waals surface area contributed by atoms with E-state index in [4.69, 9.17) is 10.5 Å². The van der Waals surface area contributed by atoms with Gasteiger partial charge in [-0.15, -0.1) is 12.4 Å². The van der Waals surface area contributed by atoms with Crippen molar-refractivity contribution >= 4 is 18.3 Å². The first-order valence-electron chi connectivity index (χ1n) is 10.5. The normalized spacial score (nSPS) is 27.9. The van der Waals surface area contributed by atoms with Crippen molar-refractivity contribution in [2.75, 3.05) is 39.3 Å². The first-order chi connectivity index (χ1) is 13.2. The highest BCUT2D eigenvalue weighted by Gasteiger charge is 2.33. The highest BCUT2D eigenvalue weighted by molar-refractivity contribution is 5.85. The molecule has 4 atom stereocenters. The molecule has 0 aromatic heterocycles. The second kappa shape index (κ2) is 11.8. The molecule has 1 aliphatic heterocycles. The molecule has 0 bridgehead atoms. The molecule has 3 rings (SSSR count). The van der Waals surface area contributed by atoms with Gasteiger partial charge in [-0.05, 0) is 36.8 Å². The Kier molecular flexibility index (Phi) is 9.72. The number of nitrogens with two attached hydrogens (primary N) is 1. The standard InChI is InChI=1S/C22H35N3O2.ClH/c1-17-7-5-6-10-21(17)27-12-11-24-22(26)16-25-14-19(13-23)20(15-25)18-8-3-2-4-9-18;/h2-4,8-9,17,19-21H,5-7,10-16,23H2,1H3,(H,24,26);1H/t17?,19-,20+,21?;/m1./s1. The van der Waals surface area contributed by atoms with Gasteiger partial charge in [0.05, 0.1) is 19.3 Å². The molecule has 1 heterocycles. The number of nitrogens with one attached hydrogen (secondary N) is 1. The maximum absolute atomic E-state index is 12.3. The molecule has 1 aromatic carbocycles. The third-order valence-corrected chi connectivity index (χ3v) is 6.20. The zero-order valence-corrected chi connectivity index (χ0v) is 17.8. The summed E-state index contributed by atoms with van der Waals surface area (Å²) in [5.74, 6) is 1.55. The number of amides is 1. The van der Waals surface area contributed by atoms with Crippen molar-refractivity contribution in [1.29, 1.82) is 0 Å². The molecule has 1 saturated carbocycles. The number of carbonyl (C=O) groups excluding carboxylic acids is 1. The van der Waals surface area contributed by atoms with Gasteiger partial charge < -0.3 is 15.8 Å². The van der Waals surface area contributed by atoms with Crippen LogP contribution in [-0.4, -0.2) is 56.2 Å². The van der Waals surface area contributed by atoms with E-state index in [0.717, 1.165) is 19.5 Å². The maximum atomic E-state index is 12.3. The summed E-state index contributed by atoms with van der Waals surface area (Å²) in [6, 6.07) is 10.5. The van der Waals surface area contributed by atoms with E-state index in [1.807, 2.05) is 6.07 Å². The summed E-state index contributed by atoms with van der Waals surface area (Å²) in [4.78, 5) is 14.5.